The van der Waals surface area contributed by atoms with Gasteiger partial charge in [0.05, 0.1) is 0 Å². The van der Waals surface area contributed by atoms with Crippen molar-refractivity contribution in [3.05, 3.63) is 29.8 Å². The van der Waals surface area contributed by atoms with E-state index >= 15 is 0 Å². The van der Waals surface area contributed by atoms with Crippen molar-refractivity contribution in [1.29, 1.82) is 0 Å². The van der Waals surface area contributed by atoms with Gasteiger partial charge >= 0.3 is 5.97 Å². The lowest BCUT2D eigenvalue weighted by molar-refractivity contribution is -0.139. The van der Waals surface area contributed by atoms with Gasteiger partial charge < -0.3 is 16.2 Å². The number of benzene rings is 1. The largest absolute Gasteiger partial charge is 0.480 e. The standard InChI is InChI=1S/C11H14N2O3/c1-2-9(11(15)16)13-10(14)7-4-3-5-8(12)6-7/h3-6,9H,2,12H2,1H3,(H,13,14)(H,15,16). The van der Waals surface area contributed by atoms with Crippen LogP contribution in [0.5, 0.6) is 0 Å². The van der Waals surface area contributed by atoms with Gasteiger partial charge in [-0.15, -0.1) is 0 Å². The van der Waals surface area contributed by atoms with Crippen LogP contribution in [0.15, 0.2) is 24.3 Å². The maximum atomic E-state index is 11.6. The minimum atomic E-state index is -1.04. The van der Waals surface area contributed by atoms with Gasteiger partial charge in [-0.1, -0.05) is 13.0 Å². The first-order chi connectivity index (χ1) is 7.54. The van der Waals surface area contributed by atoms with Crippen molar-refractivity contribution in [1.82, 2.24) is 5.32 Å². The second-order valence-corrected chi connectivity index (χ2v) is 3.40. The number of carboxylic acids is 1. The van der Waals surface area contributed by atoms with Crippen molar-refractivity contribution in [2.45, 2.75) is 19.4 Å². The molecule has 1 rings (SSSR count). The molecule has 0 radical (unpaired) electrons. The van der Waals surface area contributed by atoms with Gasteiger partial charge in [-0.05, 0) is 24.6 Å². The SMILES string of the molecule is CCC(NC(=O)c1cccc(N)c1)C(=O)O. The van der Waals surface area contributed by atoms with E-state index in [2.05, 4.69) is 5.32 Å². The number of nitrogen functional groups attached to an aromatic ring is 1. The van der Waals surface area contributed by atoms with Crippen molar-refractivity contribution in [3.8, 4) is 0 Å². The Morgan fingerprint density at radius 2 is 2.19 bits per heavy atom. The van der Waals surface area contributed by atoms with Gasteiger partial charge in [-0.3, -0.25) is 4.79 Å². The summed E-state index contributed by atoms with van der Waals surface area (Å²) < 4.78 is 0. The van der Waals surface area contributed by atoms with E-state index in [-0.39, 0.29) is 0 Å². The lowest BCUT2D eigenvalue weighted by atomic mass is 10.1. The Hall–Kier alpha value is -2.04. The highest BCUT2D eigenvalue weighted by atomic mass is 16.4. The molecule has 0 aliphatic carbocycles. The van der Waals surface area contributed by atoms with Crippen LogP contribution in [0.1, 0.15) is 23.7 Å². The second kappa shape index (κ2) is 5.16. The highest BCUT2D eigenvalue weighted by Crippen LogP contribution is 2.06. The van der Waals surface area contributed by atoms with Crippen LogP contribution in [-0.4, -0.2) is 23.0 Å². The summed E-state index contributed by atoms with van der Waals surface area (Å²) in [6, 6.07) is 5.52. The second-order valence-electron chi connectivity index (χ2n) is 3.40. The molecule has 1 atom stereocenters. The first-order valence-corrected chi connectivity index (χ1v) is 4.93. The van der Waals surface area contributed by atoms with Crippen LogP contribution in [0, 0.1) is 0 Å². The lowest BCUT2D eigenvalue weighted by Crippen LogP contribution is -2.40. The molecular formula is C11H14N2O3. The number of aliphatic carboxylic acids is 1. The van der Waals surface area contributed by atoms with Crippen LogP contribution >= 0.6 is 0 Å². The average molecular weight is 222 g/mol. The minimum Gasteiger partial charge on any atom is -0.480 e. The van der Waals surface area contributed by atoms with Crippen LogP contribution in [0.2, 0.25) is 0 Å². The molecule has 0 aromatic heterocycles. The van der Waals surface area contributed by atoms with E-state index < -0.39 is 17.9 Å². The number of carbonyl (C=O) groups is 2. The molecule has 0 spiro atoms. The Kier molecular flexibility index (Phi) is 3.88. The van der Waals surface area contributed by atoms with Gasteiger partial charge in [-0.25, -0.2) is 4.79 Å². The van der Waals surface area contributed by atoms with E-state index in [0.717, 1.165) is 0 Å². The van der Waals surface area contributed by atoms with Gasteiger partial charge in [0.2, 0.25) is 0 Å². The Bertz CT molecular complexity index is 404. The van der Waals surface area contributed by atoms with Gasteiger partial charge in [0.1, 0.15) is 6.04 Å². The first kappa shape index (κ1) is 12.0. The summed E-state index contributed by atoms with van der Waals surface area (Å²) in [5, 5.41) is 11.2. The quantitative estimate of drug-likeness (QED) is 0.659. The molecule has 86 valence electrons. The van der Waals surface area contributed by atoms with Gasteiger partial charge in [0.25, 0.3) is 5.91 Å². The summed E-state index contributed by atoms with van der Waals surface area (Å²) in [5.41, 5.74) is 6.35. The number of anilines is 1. The topological polar surface area (TPSA) is 92.4 Å². The van der Waals surface area contributed by atoms with Crippen molar-refractivity contribution in [2.75, 3.05) is 5.73 Å². The molecule has 0 aliphatic heterocycles. The summed E-state index contributed by atoms with van der Waals surface area (Å²) in [4.78, 5) is 22.4. The summed E-state index contributed by atoms with van der Waals surface area (Å²) in [5.74, 6) is -1.47. The zero-order valence-electron chi connectivity index (χ0n) is 8.93. The number of carbonyl (C=O) groups excluding carboxylic acids is 1. The Morgan fingerprint density at radius 3 is 2.69 bits per heavy atom. The molecule has 0 fully saturated rings. The molecule has 5 nitrogen and oxygen atoms in total. The normalized spacial score (nSPS) is 11.8. The third-order valence-corrected chi connectivity index (χ3v) is 2.16. The van der Waals surface area contributed by atoms with Crippen LogP contribution < -0.4 is 11.1 Å². The Morgan fingerprint density at radius 1 is 1.50 bits per heavy atom. The minimum absolute atomic E-state index is 0.337. The summed E-state index contributed by atoms with van der Waals surface area (Å²) in [6.45, 7) is 1.69. The zero-order chi connectivity index (χ0) is 12.1. The summed E-state index contributed by atoms with van der Waals surface area (Å²) >= 11 is 0. The number of nitrogens with one attached hydrogen (secondary N) is 1. The van der Waals surface area contributed by atoms with E-state index in [0.29, 0.717) is 17.7 Å². The summed E-state index contributed by atoms with van der Waals surface area (Å²) in [7, 11) is 0. The van der Waals surface area contributed by atoms with E-state index in [1.807, 2.05) is 0 Å². The van der Waals surface area contributed by atoms with Crippen molar-refractivity contribution < 1.29 is 14.7 Å². The number of amides is 1. The zero-order valence-corrected chi connectivity index (χ0v) is 8.93. The van der Waals surface area contributed by atoms with Gasteiger partial charge in [0, 0.05) is 11.3 Å². The molecule has 1 amide bonds. The third kappa shape index (κ3) is 2.98. The van der Waals surface area contributed by atoms with Crippen molar-refractivity contribution >= 4 is 17.6 Å². The molecule has 0 saturated heterocycles. The van der Waals surface area contributed by atoms with Crippen LogP contribution in [-0.2, 0) is 4.79 Å². The molecule has 0 bridgehead atoms. The number of rotatable bonds is 4. The molecule has 1 unspecified atom stereocenters. The smallest absolute Gasteiger partial charge is 0.326 e. The molecular weight excluding hydrogens is 208 g/mol. The molecule has 1 aromatic carbocycles. The van der Waals surface area contributed by atoms with Gasteiger partial charge in [-0.2, -0.15) is 0 Å². The monoisotopic (exact) mass is 222 g/mol. The maximum absolute atomic E-state index is 11.6. The third-order valence-electron chi connectivity index (χ3n) is 2.16. The van der Waals surface area contributed by atoms with Crippen LogP contribution in [0.4, 0.5) is 5.69 Å². The molecule has 16 heavy (non-hydrogen) atoms. The van der Waals surface area contributed by atoms with E-state index in [9.17, 15) is 9.59 Å². The van der Waals surface area contributed by atoms with Crippen molar-refractivity contribution in [3.63, 3.8) is 0 Å². The van der Waals surface area contributed by atoms with Crippen molar-refractivity contribution in [2.24, 2.45) is 0 Å². The predicted molar refractivity (Wildman–Crippen MR) is 60.0 cm³/mol. The highest BCUT2D eigenvalue weighted by molar-refractivity contribution is 5.97. The fraction of sp³-hybridized carbons (Fsp3) is 0.273. The molecule has 0 heterocycles. The number of hydrogen-bond donors (Lipinski definition) is 3. The Labute approximate surface area is 93.3 Å². The predicted octanol–water partition coefficient (Wildman–Crippen LogP) is 0.862. The highest BCUT2D eigenvalue weighted by Gasteiger charge is 2.18. The fourth-order valence-electron chi connectivity index (χ4n) is 1.26. The maximum Gasteiger partial charge on any atom is 0.326 e. The number of carboxylic acid groups (broad SMARTS) is 1. The molecule has 0 aliphatic rings. The number of hydrogen-bond acceptors (Lipinski definition) is 3. The van der Waals surface area contributed by atoms with Gasteiger partial charge in [0.15, 0.2) is 0 Å². The Balaban J connectivity index is 2.75. The lowest BCUT2D eigenvalue weighted by Gasteiger charge is -2.12. The van der Waals surface area contributed by atoms with E-state index in [1.165, 1.54) is 6.07 Å². The van der Waals surface area contributed by atoms with E-state index in [1.54, 1.807) is 25.1 Å². The first-order valence-electron chi connectivity index (χ1n) is 4.93. The molecule has 1 aromatic rings. The fourth-order valence-corrected chi connectivity index (χ4v) is 1.26. The number of nitrogens with two attached hydrogens (primary N) is 1. The molecule has 5 heteroatoms. The summed E-state index contributed by atoms with van der Waals surface area (Å²) in [6.07, 6.45) is 0.337. The van der Waals surface area contributed by atoms with Crippen LogP contribution in [0.25, 0.3) is 0 Å². The van der Waals surface area contributed by atoms with Crippen LogP contribution in [0.3, 0.4) is 0 Å². The molecule has 0 saturated carbocycles. The molecule has 4 N–H and O–H groups in total. The average Bonchev–Trinajstić information content (AvgIpc) is 2.25. The van der Waals surface area contributed by atoms with E-state index in [4.69, 9.17) is 10.8 Å².